The molecular weight excluding hydrogens is 330 g/mol. The lowest BCUT2D eigenvalue weighted by atomic mass is 10.1. The van der Waals surface area contributed by atoms with Gasteiger partial charge in [-0.3, -0.25) is 14.9 Å². The van der Waals surface area contributed by atoms with Crippen LogP contribution >= 0.6 is 11.8 Å². The Morgan fingerprint density at radius 1 is 1.25 bits per heavy atom. The molecule has 0 radical (unpaired) electrons. The van der Waals surface area contributed by atoms with Crippen molar-refractivity contribution in [1.29, 1.82) is 0 Å². The molecule has 1 aromatic heterocycles. The number of nitrogens with zero attached hydrogens (tertiary/aromatic N) is 1. The second-order valence-corrected chi connectivity index (χ2v) is 5.87. The van der Waals surface area contributed by atoms with Gasteiger partial charge in [0.15, 0.2) is 6.61 Å². The summed E-state index contributed by atoms with van der Waals surface area (Å²) in [5.74, 6) is -1.22. The van der Waals surface area contributed by atoms with Crippen molar-refractivity contribution < 1.29 is 19.1 Å². The number of carbonyl (C=O) groups excluding carboxylic acids is 3. The summed E-state index contributed by atoms with van der Waals surface area (Å²) in [7, 11) is 1.38. The Labute approximate surface area is 143 Å². The minimum Gasteiger partial charge on any atom is -0.455 e. The maximum atomic E-state index is 11.7. The molecule has 2 rings (SSSR count). The van der Waals surface area contributed by atoms with Crippen molar-refractivity contribution >= 4 is 40.6 Å². The largest absolute Gasteiger partial charge is 0.455 e. The molecule has 2 aromatic rings. The molecule has 24 heavy (non-hydrogen) atoms. The van der Waals surface area contributed by atoms with Crippen LogP contribution in [0, 0.1) is 6.92 Å². The van der Waals surface area contributed by atoms with E-state index >= 15 is 0 Å². The van der Waals surface area contributed by atoms with E-state index in [0.29, 0.717) is 5.03 Å². The molecule has 0 aliphatic rings. The van der Waals surface area contributed by atoms with E-state index < -0.39 is 24.5 Å². The van der Waals surface area contributed by atoms with Crippen molar-refractivity contribution in [2.45, 2.75) is 11.9 Å². The number of nitrogens with one attached hydrogen (secondary N) is 2. The molecule has 0 aliphatic carbocycles. The highest BCUT2D eigenvalue weighted by Gasteiger charge is 2.11. The number of ether oxygens (including phenoxy) is 1. The number of benzene rings is 1. The number of hydrogen-bond acceptors (Lipinski definition) is 6. The highest BCUT2D eigenvalue weighted by atomic mass is 32.2. The second-order valence-electron chi connectivity index (χ2n) is 4.87. The zero-order chi connectivity index (χ0) is 17.5. The Morgan fingerprint density at radius 3 is 2.75 bits per heavy atom. The van der Waals surface area contributed by atoms with Crippen molar-refractivity contribution in [3.63, 3.8) is 0 Å². The van der Waals surface area contributed by atoms with Crippen LogP contribution in [0.4, 0.5) is 4.79 Å². The highest BCUT2D eigenvalue weighted by molar-refractivity contribution is 7.99. The van der Waals surface area contributed by atoms with Crippen LogP contribution < -0.4 is 10.6 Å². The SMILES string of the molecule is CNC(=O)NC(=O)COC(=O)CSc1cc(C)c2ccccc2n1. The average Bonchev–Trinajstić information content (AvgIpc) is 2.58. The number of para-hydroxylation sites is 1. The van der Waals surface area contributed by atoms with Crippen LogP contribution in [0.5, 0.6) is 0 Å². The fourth-order valence-corrected chi connectivity index (χ4v) is 2.71. The lowest BCUT2D eigenvalue weighted by molar-refractivity contribution is -0.145. The first-order valence-corrected chi connectivity index (χ1v) is 8.14. The molecule has 0 saturated carbocycles. The van der Waals surface area contributed by atoms with Gasteiger partial charge in [0.1, 0.15) is 0 Å². The predicted molar refractivity (Wildman–Crippen MR) is 90.8 cm³/mol. The number of thioether (sulfide) groups is 1. The number of hydrogen-bond donors (Lipinski definition) is 2. The van der Waals surface area contributed by atoms with E-state index in [1.807, 2.05) is 42.6 Å². The molecule has 0 saturated heterocycles. The number of rotatable bonds is 5. The highest BCUT2D eigenvalue weighted by Crippen LogP contribution is 2.23. The standard InChI is InChI=1S/C16H17N3O4S/c1-10-7-14(18-12-6-4-3-5-11(10)12)24-9-15(21)23-8-13(20)19-16(22)17-2/h3-7H,8-9H2,1-2H3,(H2,17,19,20,22). The van der Waals surface area contributed by atoms with Crippen molar-refractivity contribution in [1.82, 2.24) is 15.6 Å². The summed E-state index contributed by atoms with van der Waals surface area (Å²) < 4.78 is 4.81. The summed E-state index contributed by atoms with van der Waals surface area (Å²) in [6.07, 6.45) is 0. The van der Waals surface area contributed by atoms with Gasteiger partial charge in [-0.2, -0.15) is 0 Å². The molecule has 0 aliphatic heterocycles. The molecule has 0 bridgehead atoms. The Morgan fingerprint density at radius 2 is 2.00 bits per heavy atom. The first-order valence-electron chi connectivity index (χ1n) is 7.16. The van der Waals surface area contributed by atoms with Crippen LogP contribution in [0.15, 0.2) is 35.4 Å². The molecular formula is C16H17N3O4S. The van der Waals surface area contributed by atoms with Crippen LogP contribution in [0.1, 0.15) is 5.56 Å². The van der Waals surface area contributed by atoms with Gasteiger partial charge in [0.05, 0.1) is 16.3 Å². The predicted octanol–water partition coefficient (Wildman–Crippen LogP) is 1.63. The van der Waals surface area contributed by atoms with Gasteiger partial charge >= 0.3 is 12.0 Å². The molecule has 2 N–H and O–H groups in total. The summed E-state index contributed by atoms with van der Waals surface area (Å²) in [4.78, 5) is 38.4. The molecule has 3 amide bonds. The summed E-state index contributed by atoms with van der Waals surface area (Å²) in [6.45, 7) is 1.48. The lowest BCUT2D eigenvalue weighted by Gasteiger charge is -2.07. The maximum Gasteiger partial charge on any atom is 0.321 e. The second kappa shape index (κ2) is 8.30. The van der Waals surface area contributed by atoms with Crippen molar-refractivity contribution in [2.24, 2.45) is 0 Å². The smallest absolute Gasteiger partial charge is 0.321 e. The first-order chi connectivity index (χ1) is 11.5. The van der Waals surface area contributed by atoms with E-state index in [0.717, 1.165) is 16.5 Å². The van der Waals surface area contributed by atoms with Crippen molar-refractivity contribution in [3.8, 4) is 0 Å². The van der Waals surface area contributed by atoms with E-state index in [4.69, 9.17) is 4.74 Å². The maximum absolute atomic E-state index is 11.7. The molecule has 0 unspecified atom stereocenters. The molecule has 8 heteroatoms. The minimum absolute atomic E-state index is 0.0258. The summed E-state index contributed by atoms with van der Waals surface area (Å²) >= 11 is 1.23. The van der Waals surface area contributed by atoms with Gasteiger partial charge in [-0.15, -0.1) is 0 Å². The topological polar surface area (TPSA) is 97.4 Å². The third kappa shape index (κ3) is 4.95. The normalized spacial score (nSPS) is 10.2. The van der Waals surface area contributed by atoms with Crippen molar-refractivity contribution in [2.75, 3.05) is 19.4 Å². The number of amides is 3. The molecule has 7 nitrogen and oxygen atoms in total. The first kappa shape index (κ1) is 17.7. The van der Waals surface area contributed by atoms with Crippen LogP contribution in [0.25, 0.3) is 10.9 Å². The zero-order valence-electron chi connectivity index (χ0n) is 13.3. The number of imide groups is 1. The zero-order valence-corrected chi connectivity index (χ0v) is 14.1. The van der Waals surface area contributed by atoms with Gasteiger partial charge in [0.25, 0.3) is 5.91 Å². The minimum atomic E-state index is -0.688. The van der Waals surface area contributed by atoms with E-state index in [1.165, 1.54) is 18.8 Å². The Balaban J connectivity index is 1.86. The van der Waals surface area contributed by atoms with E-state index in [1.54, 1.807) is 0 Å². The average molecular weight is 347 g/mol. The fourth-order valence-electron chi connectivity index (χ4n) is 1.94. The summed E-state index contributed by atoms with van der Waals surface area (Å²) in [6, 6.07) is 9.01. The monoisotopic (exact) mass is 347 g/mol. The van der Waals surface area contributed by atoms with Gasteiger partial charge in [-0.25, -0.2) is 9.78 Å². The van der Waals surface area contributed by atoms with Gasteiger partial charge in [0.2, 0.25) is 0 Å². The van der Waals surface area contributed by atoms with Gasteiger partial charge in [-0.1, -0.05) is 30.0 Å². The lowest BCUT2D eigenvalue weighted by Crippen LogP contribution is -2.39. The third-order valence-electron chi connectivity index (χ3n) is 3.08. The number of fused-ring (bicyclic) bond motifs is 1. The third-order valence-corrected chi connectivity index (χ3v) is 3.97. The number of carbonyl (C=O) groups is 3. The van der Waals surface area contributed by atoms with E-state index in [9.17, 15) is 14.4 Å². The Hall–Kier alpha value is -2.61. The van der Waals surface area contributed by atoms with Crippen LogP contribution in [0.2, 0.25) is 0 Å². The number of urea groups is 1. The van der Waals surface area contributed by atoms with Crippen LogP contribution in [-0.2, 0) is 14.3 Å². The van der Waals surface area contributed by atoms with Crippen molar-refractivity contribution in [3.05, 3.63) is 35.9 Å². The summed E-state index contributed by atoms with van der Waals surface area (Å²) in [5, 5.41) is 6.00. The number of esters is 1. The number of aryl methyl sites for hydroxylation is 1. The summed E-state index contributed by atoms with van der Waals surface area (Å²) in [5.41, 5.74) is 1.93. The number of aromatic nitrogens is 1. The molecule has 0 fully saturated rings. The molecule has 0 spiro atoms. The molecule has 1 aromatic carbocycles. The molecule has 0 atom stereocenters. The van der Waals surface area contributed by atoms with Gasteiger partial charge in [-0.05, 0) is 24.6 Å². The molecule has 1 heterocycles. The van der Waals surface area contributed by atoms with Gasteiger partial charge in [0, 0.05) is 12.4 Å². The van der Waals surface area contributed by atoms with E-state index in [-0.39, 0.29) is 5.75 Å². The Kier molecular flexibility index (Phi) is 6.14. The fraction of sp³-hybridized carbons (Fsp3) is 0.250. The van der Waals surface area contributed by atoms with Crippen LogP contribution in [-0.4, -0.2) is 42.3 Å². The Bertz CT molecular complexity index is 779. The quantitative estimate of drug-likeness (QED) is 0.630. The van der Waals surface area contributed by atoms with E-state index in [2.05, 4.69) is 10.3 Å². The van der Waals surface area contributed by atoms with Gasteiger partial charge < -0.3 is 10.1 Å². The molecule has 126 valence electrons. The van der Waals surface area contributed by atoms with Crippen LogP contribution in [0.3, 0.4) is 0 Å². The number of pyridine rings is 1.